The average molecular weight is 287 g/mol. The zero-order valence-electron chi connectivity index (χ0n) is 10.9. The van der Waals surface area contributed by atoms with Gasteiger partial charge in [0.2, 0.25) is 0 Å². The predicted octanol–water partition coefficient (Wildman–Crippen LogP) is 3.95. The van der Waals surface area contributed by atoms with Crippen LogP contribution in [0.25, 0.3) is 0 Å². The molecule has 1 heterocycles. The summed E-state index contributed by atoms with van der Waals surface area (Å²) in [5.41, 5.74) is 3.72. The van der Waals surface area contributed by atoms with Gasteiger partial charge in [0.25, 0.3) is 5.91 Å². The van der Waals surface area contributed by atoms with Gasteiger partial charge in [0.1, 0.15) is 0 Å². The molecule has 0 spiro atoms. The highest BCUT2D eigenvalue weighted by Crippen LogP contribution is 2.23. The van der Waals surface area contributed by atoms with Gasteiger partial charge in [0, 0.05) is 28.5 Å². The van der Waals surface area contributed by atoms with Crippen LogP contribution >= 0.6 is 11.6 Å². The Morgan fingerprint density at radius 2 is 2.10 bits per heavy atom. The molecule has 0 saturated carbocycles. The van der Waals surface area contributed by atoms with Gasteiger partial charge in [-0.25, -0.2) is 0 Å². The first-order valence-electron chi connectivity index (χ1n) is 6.66. The second-order valence-corrected chi connectivity index (χ2v) is 5.30. The Labute approximate surface area is 123 Å². The number of carbonyl (C=O) groups is 1. The minimum absolute atomic E-state index is 0.111. The van der Waals surface area contributed by atoms with Crippen LogP contribution < -0.4 is 10.6 Å². The van der Waals surface area contributed by atoms with Gasteiger partial charge in [-0.2, -0.15) is 0 Å². The summed E-state index contributed by atoms with van der Waals surface area (Å²) in [5, 5.41) is 6.81. The number of fused-ring (bicyclic) bond motifs is 1. The second-order valence-electron chi connectivity index (χ2n) is 4.87. The molecule has 1 amide bonds. The van der Waals surface area contributed by atoms with E-state index in [2.05, 4.69) is 10.6 Å². The molecule has 2 aromatic carbocycles. The molecule has 1 aliphatic rings. The number of hydrogen-bond donors (Lipinski definition) is 2. The molecule has 3 nitrogen and oxygen atoms in total. The van der Waals surface area contributed by atoms with Gasteiger partial charge >= 0.3 is 0 Å². The third-order valence-electron chi connectivity index (χ3n) is 3.39. The molecule has 0 atom stereocenters. The molecule has 20 heavy (non-hydrogen) atoms. The van der Waals surface area contributed by atoms with Gasteiger partial charge in [0.15, 0.2) is 0 Å². The third-order valence-corrected chi connectivity index (χ3v) is 3.62. The summed E-state index contributed by atoms with van der Waals surface area (Å²) in [4.78, 5) is 12.2. The minimum Gasteiger partial charge on any atom is -0.385 e. The SMILES string of the molecule is O=C(Nc1cccc(Cl)c1)c1ccc2c(c1)CCCN2. The Morgan fingerprint density at radius 3 is 2.95 bits per heavy atom. The van der Waals surface area contributed by atoms with Gasteiger partial charge < -0.3 is 10.6 Å². The Kier molecular flexibility index (Phi) is 3.61. The van der Waals surface area contributed by atoms with E-state index >= 15 is 0 Å². The summed E-state index contributed by atoms with van der Waals surface area (Å²) in [6.07, 6.45) is 2.12. The van der Waals surface area contributed by atoms with Gasteiger partial charge in [-0.1, -0.05) is 17.7 Å². The number of anilines is 2. The molecule has 0 bridgehead atoms. The van der Waals surface area contributed by atoms with Gasteiger partial charge in [0.05, 0.1) is 0 Å². The van der Waals surface area contributed by atoms with Gasteiger partial charge in [-0.05, 0) is 54.8 Å². The Morgan fingerprint density at radius 1 is 1.20 bits per heavy atom. The predicted molar refractivity (Wildman–Crippen MR) is 82.7 cm³/mol. The summed E-state index contributed by atoms with van der Waals surface area (Å²) < 4.78 is 0. The highest BCUT2D eigenvalue weighted by Gasteiger charge is 2.12. The van der Waals surface area contributed by atoms with Crippen molar-refractivity contribution in [3.8, 4) is 0 Å². The van der Waals surface area contributed by atoms with Crippen molar-refractivity contribution < 1.29 is 4.79 Å². The van der Waals surface area contributed by atoms with E-state index in [4.69, 9.17) is 11.6 Å². The summed E-state index contributed by atoms with van der Waals surface area (Å²) in [5.74, 6) is -0.111. The molecule has 1 aliphatic heterocycles. The Bertz CT molecular complexity index is 655. The van der Waals surface area contributed by atoms with E-state index in [9.17, 15) is 4.79 Å². The topological polar surface area (TPSA) is 41.1 Å². The first kappa shape index (κ1) is 13.0. The maximum atomic E-state index is 12.2. The van der Waals surface area contributed by atoms with Crippen LogP contribution in [0.5, 0.6) is 0 Å². The van der Waals surface area contributed by atoms with Crippen molar-refractivity contribution in [1.82, 2.24) is 0 Å². The van der Waals surface area contributed by atoms with E-state index in [0.717, 1.165) is 25.1 Å². The molecular weight excluding hydrogens is 272 g/mol. The van der Waals surface area contributed by atoms with Crippen LogP contribution in [0.1, 0.15) is 22.3 Å². The average Bonchev–Trinajstić information content (AvgIpc) is 2.47. The van der Waals surface area contributed by atoms with Crippen LogP contribution in [0.4, 0.5) is 11.4 Å². The Hall–Kier alpha value is -2.00. The van der Waals surface area contributed by atoms with Gasteiger partial charge in [-0.15, -0.1) is 0 Å². The Balaban J connectivity index is 1.80. The maximum absolute atomic E-state index is 12.2. The minimum atomic E-state index is -0.111. The standard InChI is InChI=1S/C16H15ClN2O/c17-13-4-1-5-14(10-13)19-16(20)12-6-7-15-11(9-12)3-2-8-18-15/h1,4-7,9-10,18H,2-3,8H2,(H,19,20). The monoisotopic (exact) mass is 286 g/mol. The first-order valence-corrected chi connectivity index (χ1v) is 7.04. The fourth-order valence-electron chi connectivity index (χ4n) is 2.39. The zero-order valence-corrected chi connectivity index (χ0v) is 11.7. The summed E-state index contributed by atoms with van der Waals surface area (Å²) >= 11 is 5.91. The molecular formula is C16H15ClN2O. The molecule has 0 aromatic heterocycles. The van der Waals surface area contributed by atoms with Crippen molar-refractivity contribution in [2.45, 2.75) is 12.8 Å². The summed E-state index contributed by atoms with van der Waals surface area (Å²) in [6.45, 7) is 1.00. The van der Waals surface area contributed by atoms with E-state index in [1.54, 1.807) is 12.1 Å². The number of nitrogens with one attached hydrogen (secondary N) is 2. The lowest BCUT2D eigenvalue weighted by Gasteiger charge is -2.18. The molecule has 4 heteroatoms. The second kappa shape index (κ2) is 5.55. The molecule has 0 fully saturated rings. The molecule has 2 N–H and O–H groups in total. The van der Waals surface area contributed by atoms with E-state index in [1.165, 1.54) is 5.56 Å². The van der Waals surface area contributed by atoms with Crippen LogP contribution in [0.15, 0.2) is 42.5 Å². The third kappa shape index (κ3) is 2.78. The highest BCUT2D eigenvalue weighted by atomic mass is 35.5. The summed E-state index contributed by atoms with van der Waals surface area (Å²) in [7, 11) is 0. The van der Waals surface area contributed by atoms with Crippen molar-refractivity contribution in [3.63, 3.8) is 0 Å². The van der Waals surface area contributed by atoms with Gasteiger partial charge in [-0.3, -0.25) is 4.79 Å². The summed E-state index contributed by atoms with van der Waals surface area (Å²) in [6, 6.07) is 12.9. The van der Waals surface area contributed by atoms with Crippen molar-refractivity contribution in [2.24, 2.45) is 0 Å². The molecule has 0 unspecified atom stereocenters. The van der Waals surface area contributed by atoms with E-state index in [1.807, 2.05) is 30.3 Å². The fraction of sp³-hybridized carbons (Fsp3) is 0.188. The molecule has 0 saturated heterocycles. The number of aryl methyl sites for hydroxylation is 1. The first-order chi connectivity index (χ1) is 9.72. The van der Waals surface area contributed by atoms with Crippen LogP contribution in [0.3, 0.4) is 0 Å². The van der Waals surface area contributed by atoms with Crippen molar-refractivity contribution >= 4 is 28.9 Å². The molecule has 2 aromatic rings. The lowest BCUT2D eigenvalue weighted by Crippen LogP contribution is -2.15. The van der Waals surface area contributed by atoms with Crippen LogP contribution in [-0.4, -0.2) is 12.5 Å². The number of amides is 1. The maximum Gasteiger partial charge on any atom is 0.255 e. The lowest BCUT2D eigenvalue weighted by atomic mass is 10.0. The largest absolute Gasteiger partial charge is 0.385 e. The number of benzene rings is 2. The molecule has 0 radical (unpaired) electrons. The van der Waals surface area contributed by atoms with E-state index < -0.39 is 0 Å². The lowest BCUT2D eigenvalue weighted by molar-refractivity contribution is 0.102. The molecule has 3 rings (SSSR count). The zero-order chi connectivity index (χ0) is 13.9. The van der Waals surface area contributed by atoms with E-state index in [-0.39, 0.29) is 5.91 Å². The normalized spacial score (nSPS) is 13.2. The smallest absolute Gasteiger partial charge is 0.255 e. The van der Waals surface area contributed by atoms with E-state index in [0.29, 0.717) is 16.3 Å². The van der Waals surface area contributed by atoms with Crippen LogP contribution in [0, 0.1) is 0 Å². The van der Waals surface area contributed by atoms with Crippen molar-refractivity contribution in [1.29, 1.82) is 0 Å². The number of rotatable bonds is 2. The highest BCUT2D eigenvalue weighted by molar-refractivity contribution is 6.30. The number of halogens is 1. The number of carbonyl (C=O) groups excluding carboxylic acids is 1. The van der Waals surface area contributed by atoms with Crippen molar-refractivity contribution in [3.05, 3.63) is 58.6 Å². The fourth-order valence-corrected chi connectivity index (χ4v) is 2.58. The molecule has 0 aliphatic carbocycles. The number of hydrogen-bond acceptors (Lipinski definition) is 2. The quantitative estimate of drug-likeness (QED) is 0.878. The van der Waals surface area contributed by atoms with Crippen LogP contribution in [0.2, 0.25) is 5.02 Å². The van der Waals surface area contributed by atoms with Crippen LogP contribution in [-0.2, 0) is 6.42 Å². The molecule has 102 valence electrons. The van der Waals surface area contributed by atoms with Crippen molar-refractivity contribution in [2.75, 3.05) is 17.2 Å².